The molecule has 0 aromatic heterocycles. The van der Waals surface area contributed by atoms with Crippen molar-refractivity contribution in [3.8, 4) is 0 Å². The zero-order valence-corrected chi connectivity index (χ0v) is 12.3. The van der Waals surface area contributed by atoms with E-state index >= 15 is 0 Å². The van der Waals surface area contributed by atoms with Crippen LogP contribution in [0.3, 0.4) is 0 Å². The van der Waals surface area contributed by atoms with Crippen LogP contribution in [0.1, 0.15) is 0 Å². The van der Waals surface area contributed by atoms with Gasteiger partial charge in [0, 0.05) is 0 Å². The predicted molar refractivity (Wildman–Crippen MR) is 82.8 cm³/mol. The van der Waals surface area contributed by atoms with Gasteiger partial charge in [0.1, 0.15) is 0 Å². The van der Waals surface area contributed by atoms with Crippen LogP contribution in [-0.4, -0.2) is 15.8 Å². The predicted octanol–water partition coefficient (Wildman–Crippen LogP) is 3.69. The van der Waals surface area contributed by atoms with E-state index in [-0.39, 0.29) is 15.8 Å². The van der Waals surface area contributed by atoms with Crippen LogP contribution in [0.5, 0.6) is 0 Å². The number of hydrogen-bond donors (Lipinski definition) is 0. The van der Waals surface area contributed by atoms with Gasteiger partial charge in [0.25, 0.3) is 0 Å². The molecule has 0 spiro atoms. The summed E-state index contributed by atoms with van der Waals surface area (Å²) in [6, 6.07) is 20.3. The molecular formula is C17H13As. The maximum absolute atomic E-state index is 2.35. The quantitative estimate of drug-likeness (QED) is 0.371. The molecule has 0 N–H and O–H groups in total. The van der Waals surface area contributed by atoms with Crippen molar-refractivity contribution in [1.82, 2.24) is 0 Å². The van der Waals surface area contributed by atoms with E-state index in [0.717, 1.165) is 0 Å². The van der Waals surface area contributed by atoms with E-state index in [1.54, 1.807) is 4.35 Å². The molecule has 0 bridgehead atoms. The van der Waals surface area contributed by atoms with Crippen molar-refractivity contribution in [2.24, 2.45) is 0 Å². The van der Waals surface area contributed by atoms with Gasteiger partial charge in [-0.3, -0.25) is 0 Å². The van der Waals surface area contributed by atoms with Gasteiger partial charge in [-0.15, -0.1) is 0 Å². The summed E-state index contributed by atoms with van der Waals surface area (Å²) in [5.74, 6) is 0. The van der Waals surface area contributed by atoms with E-state index in [1.807, 2.05) is 0 Å². The summed E-state index contributed by atoms with van der Waals surface area (Å²) < 4.78 is 1.57. The standard InChI is InChI=1S/C17H13As/c1-18-15-10-8-13-6-5-11-3-2-4-12-7-9-14(15)17(13)16(11)12/h2-10,18H,1H3. The Bertz CT molecular complexity index is 845. The van der Waals surface area contributed by atoms with E-state index in [0.29, 0.717) is 0 Å². The van der Waals surface area contributed by atoms with Crippen molar-refractivity contribution in [2.75, 3.05) is 0 Å². The van der Waals surface area contributed by atoms with Gasteiger partial charge in [0.15, 0.2) is 0 Å². The van der Waals surface area contributed by atoms with E-state index in [9.17, 15) is 0 Å². The molecule has 18 heavy (non-hydrogen) atoms. The van der Waals surface area contributed by atoms with Gasteiger partial charge in [-0.05, 0) is 0 Å². The van der Waals surface area contributed by atoms with Crippen LogP contribution in [0.2, 0.25) is 5.71 Å². The van der Waals surface area contributed by atoms with Gasteiger partial charge < -0.3 is 0 Å². The summed E-state index contributed by atoms with van der Waals surface area (Å²) in [6.45, 7) is 0. The minimum absolute atomic E-state index is 0.00352. The molecule has 0 radical (unpaired) electrons. The van der Waals surface area contributed by atoms with Gasteiger partial charge >= 0.3 is 113 Å². The first-order valence-electron chi connectivity index (χ1n) is 6.23. The Kier molecular flexibility index (Phi) is 2.16. The van der Waals surface area contributed by atoms with Gasteiger partial charge in [0.2, 0.25) is 0 Å². The molecule has 0 aliphatic heterocycles. The van der Waals surface area contributed by atoms with Crippen LogP contribution in [-0.2, 0) is 0 Å². The second kappa shape index (κ2) is 3.73. The molecule has 0 amide bonds. The molecule has 0 saturated heterocycles. The van der Waals surface area contributed by atoms with Crippen LogP contribution >= 0.6 is 0 Å². The average Bonchev–Trinajstić information content (AvgIpc) is 2.44. The van der Waals surface area contributed by atoms with E-state index < -0.39 is 0 Å². The van der Waals surface area contributed by atoms with Gasteiger partial charge in [0.05, 0.1) is 0 Å². The molecule has 4 aromatic rings. The van der Waals surface area contributed by atoms with Crippen molar-refractivity contribution in [3.63, 3.8) is 0 Å². The van der Waals surface area contributed by atoms with Crippen molar-refractivity contribution < 1.29 is 0 Å². The summed E-state index contributed by atoms with van der Waals surface area (Å²) >= 11 is -0.00352. The van der Waals surface area contributed by atoms with Gasteiger partial charge in [-0.1, -0.05) is 0 Å². The summed E-state index contributed by atoms with van der Waals surface area (Å²) in [7, 11) is 0. The molecule has 1 atom stereocenters. The van der Waals surface area contributed by atoms with Crippen molar-refractivity contribution in [3.05, 3.63) is 54.6 Å². The number of benzene rings is 4. The molecule has 0 nitrogen and oxygen atoms in total. The third-order valence-corrected chi connectivity index (χ3v) is 5.84. The second-order valence-electron chi connectivity index (χ2n) is 4.72. The molecule has 1 heteroatoms. The topological polar surface area (TPSA) is 0 Å². The first-order chi connectivity index (χ1) is 8.88. The normalized spacial score (nSPS) is 12.5. The maximum atomic E-state index is 2.35. The molecule has 1 unspecified atom stereocenters. The van der Waals surface area contributed by atoms with E-state index in [2.05, 4.69) is 60.3 Å². The Morgan fingerprint density at radius 3 is 2.00 bits per heavy atom. The minimum atomic E-state index is -0.00352. The fraction of sp³-hybridized carbons (Fsp3) is 0.0588. The molecule has 4 aromatic carbocycles. The Hall–Kier alpha value is -1.52. The molecular weight excluding hydrogens is 279 g/mol. The first-order valence-corrected chi connectivity index (χ1v) is 9.37. The molecule has 0 heterocycles. The van der Waals surface area contributed by atoms with Crippen molar-refractivity contribution >= 4 is 52.4 Å². The SMILES string of the molecule is C[AsH]c1ccc2ccc3cccc4ccc1c2c34. The van der Waals surface area contributed by atoms with Crippen LogP contribution in [0.15, 0.2) is 54.6 Å². The van der Waals surface area contributed by atoms with E-state index in [1.165, 1.54) is 32.3 Å². The molecule has 0 fully saturated rings. The Morgan fingerprint density at radius 1 is 0.667 bits per heavy atom. The zero-order chi connectivity index (χ0) is 12.1. The van der Waals surface area contributed by atoms with Crippen LogP contribution in [0.25, 0.3) is 32.3 Å². The van der Waals surface area contributed by atoms with E-state index in [4.69, 9.17) is 0 Å². The van der Waals surface area contributed by atoms with Crippen LogP contribution in [0.4, 0.5) is 0 Å². The van der Waals surface area contributed by atoms with Crippen molar-refractivity contribution in [2.45, 2.75) is 5.71 Å². The van der Waals surface area contributed by atoms with Gasteiger partial charge in [-0.2, -0.15) is 0 Å². The molecule has 4 rings (SSSR count). The molecule has 0 aliphatic rings. The number of rotatable bonds is 1. The van der Waals surface area contributed by atoms with Crippen molar-refractivity contribution in [1.29, 1.82) is 0 Å². The summed E-state index contributed by atoms with van der Waals surface area (Å²) in [5, 5.41) is 8.47. The second-order valence-corrected chi connectivity index (χ2v) is 6.90. The fourth-order valence-corrected chi connectivity index (χ4v) is 4.48. The summed E-state index contributed by atoms with van der Waals surface area (Å²) in [6.07, 6.45) is 0. The average molecular weight is 292 g/mol. The fourth-order valence-electron chi connectivity index (χ4n) is 2.95. The Morgan fingerprint density at radius 2 is 1.28 bits per heavy atom. The van der Waals surface area contributed by atoms with Crippen LogP contribution in [0, 0.1) is 0 Å². The monoisotopic (exact) mass is 292 g/mol. The summed E-state index contributed by atoms with van der Waals surface area (Å²) in [5.41, 5.74) is 2.35. The zero-order valence-electron chi connectivity index (χ0n) is 10.2. The van der Waals surface area contributed by atoms with Gasteiger partial charge in [-0.25, -0.2) is 0 Å². The number of hydrogen-bond acceptors (Lipinski definition) is 0. The molecule has 86 valence electrons. The first kappa shape index (κ1) is 10.4. The molecule has 0 aliphatic carbocycles. The third-order valence-electron chi connectivity index (χ3n) is 3.80. The Balaban J connectivity index is 2.40. The summed E-state index contributed by atoms with van der Waals surface area (Å²) in [4.78, 5) is 0. The Labute approximate surface area is 113 Å². The van der Waals surface area contributed by atoms with Crippen LogP contribution < -0.4 is 4.35 Å². The third kappa shape index (κ3) is 1.27. The molecule has 0 saturated carbocycles.